The first kappa shape index (κ1) is 19.2. The van der Waals surface area contributed by atoms with Gasteiger partial charge in [-0.3, -0.25) is 9.59 Å². The quantitative estimate of drug-likeness (QED) is 0.799. The molecule has 6 heteroatoms. The van der Waals surface area contributed by atoms with E-state index in [1.165, 1.54) is 38.3 Å². The van der Waals surface area contributed by atoms with Crippen LogP contribution in [0.5, 0.6) is 0 Å². The van der Waals surface area contributed by atoms with Crippen LogP contribution in [0, 0.1) is 11.8 Å². The van der Waals surface area contributed by atoms with Gasteiger partial charge in [-0.05, 0) is 30.0 Å². The van der Waals surface area contributed by atoms with Gasteiger partial charge in [0, 0.05) is 25.4 Å². The number of carbonyl (C=O) groups is 2. The lowest BCUT2D eigenvalue weighted by molar-refractivity contribution is -0.123. The monoisotopic (exact) mass is 399 g/mol. The molecule has 4 rings (SSSR count). The van der Waals surface area contributed by atoms with Gasteiger partial charge >= 0.3 is 0 Å². The molecule has 2 heterocycles. The number of rotatable bonds is 5. The molecule has 0 radical (unpaired) electrons. The summed E-state index contributed by atoms with van der Waals surface area (Å²) in [4.78, 5) is 31.7. The van der Waals surface area contributed by atoms with E-state index < -0.39 is 0 Å². The predicted octanol–water partition coefficient (Wildman–Crippen LogP) is 4.36. The van der Waals surface area contributed by atoms with E-state index in [1.54, 1.807) is 12.1 Å². The largest absolute Gasteiger partial charge is 0.364 e. The van der Waals surface area contributed by atoms with Crippen molar-refractivity contribution < 1.29 is 9.59 Å². The van der Waals surface area contributed by atoms with Crippen LogP contribution in [0.2, 0.25) is 5.02 Å². The van der Waals surface area contributed by atoms with Gasteiger partial charge in [0.1, 0.15) is 17.6 Å². The summed E-state index contributed by atoms with van der Waals surface area (Å²) >= 11 is 5.90. The third-order valence-electron chi connectivity index (χ3n) is 6.09. The number of fused-ring (bicyclic) bond motifs is 1. The number of halogens is 1. The Morgan fingerprint density at radius 3 is 2.82 bits per heavy atom. The van der Waals surface area contributed by atoms with Crippen LogP contribution in [-0.4, -0.2) is 34.2 Å². The van der Waals surface area contributed by atoms with Gasteiger partial charge in [-0.15, -0.1) is 0 Å². The van der Waals surface area contributed by atoms with Crippen molar-refractivity contribution in [2.24, 2.45) is 11.8 Å². The second-order valence-corrected chi connectivity index (χ2v) is 8.49. The summed E-state index contributed by atoms with van der Waals surface area (Å²) in [7, 11) is 0. The Labute approximate surface area is 170 Å². The van der Waals surface area contributed by atoms with E-state index in [0.29, 0.717) is 29.7 Å². The van der Waals surface area contributed by atoms with E-state index in [9.17, 15) is 9.59 Å². The maximum Gasteiger partial charge on any atom is 0.248 e. The summed E-state index contributed by atoms with van der Waals surface area (Å²) < 4.78 is 0. The Balaban J connectivity index is 1.52. The van der Waals surface area contributed by atoms with Crippen LogP contribution in [0.25, 0.3) is 0 Å². The molecule has 0 spiro atoms. The summed E-state index contributed by atoms with van der Waals surface area (Å²) in [5.41, 5.74) is 1.03. The lowest BCUT2D eigenvalue weighted by Gasteiger charge is -2.32. The van der Waals surface area contributed by atoms with Gasteiger partial charge < -0.3 is 10.2 Å². The molecule has 1 N–H and O–H groups in total. The molecular weight excluding hydrogens is 374 g/mol. The van der Waals surface area contributed by atoms with Gasteiger partial charge in [-0.2, -0.15) is 0 Å². The number of Topliss-reactive ketones (excluding diaryl/α,β-unsaturated/α-hetero) is 1. The first-order valence-electron chi connectivity index (χ1n) is 10.2. The van der Waals surface area contributed by atoms with Gasteiger partial charge in [0.25, 0.3) is 0 Å². The molecule has 0 bridgehead atoms. The zero-order chi connectivity index (χ0) is 19.5. The molecule has 1 saturated carbocycles. The summed E-state index contributed by atoms with van der Waals surface area (Å²) in [6, 6.07) is 3.14. The number of nitrogens with one attached hydrogen (secondary N) is 1. The molecule has 2 unspecified atom stereocenters. The average Bonchev–Trinajstić information content (AvgIpc) is 3.14. The number of carbonyl (C=O) groups excluding carboxylic acids is 2. The van der Waals surface area contributed by atoms with Crippen LogP contribution in [0.4, 0.5) is 5.82 Å². The Morgan fingerprint density at radius 2 is 2.11 bits per heavy atom. The van der Waals surface area contributed by atoms with Crippen LogP contribution < -0.4 is 5.32 Å². The molecule has 0 saturated heterocycles. The highest BCUT2D eigenvalue weighted by Crippen LogP contribution is 2.34. The van der Waals surface area contributed by atoms with E-state index >= 15 is 0 Å². The molecule has 28 heavy (non-hydrogen) atoms. The summed E-state index contributed by atoms with van der Waals surface area (Å²) in [5.74, 6) is 1.14. The van der Waals surface area contributed by atoms with Gasteiger partial charge in [0.2, 0.25) is 5.91 Å². The lowest BCUT2D eigenvalue weighted by atomic mass is 9.84. The van der Waals surface area contributed by atoms with E-state index in [0.717, 1.165) is 12.0 Å². The number of hydrogen-bond acceptors (Lipinski definition) is 4. The molecule has 5 nitrogen and oxygen atoms in total. The molecule has 3 aliphatic rings. The number of pyridine rings is 1. The van der Waals surface area contributed by atoms with Crippen molar-refractivity contribution in [2.75, 3.05) is 11.9 Å². The SMILES string of the molecule is O=C1CC=CC2=CN(C(CC3CCCCC3)C(=O)Nc3ccc(Cl)cn3)CC12. The topological polar surface area (TPSA) is 62.3 Å². The van der Waals surface area contributed by atoms with Crippen molar-refractivity contribution in [1.29, 1.82) is 0 Å². The molecule has 1 aliphatic heterocycles. The molecule has 1 aromatic heterocycles. The predicted molar refractivity (Wildman–Crippen MR) is 110 cm³/mol. The maximum atomic E-state index is 13.2. The highest BCUT2D eigenvalue weighted by molar-refractivity contribution is 6.30. The molecule has 2 atom stereocenters. The highest BCUT2D eigenvalue weighted by Gasteiger charge is 2.37. The van der Waals surface area contributed by atoms with Gasteiger partial charge in [-0.25, -0.2) is 4.98 Å². The normalized spacial score (nSPS) is 23.3. The van der Waals surface area contributed by atoms with E-state index in [2.05, 4.69) is 15.2 Å². The zero-order valence-corrected chi connectivity index (χ0v) is 16.7. The van der Waals surface area contributed by atoms with Gasteiger partial charge in [-0.1, -0.05) is 55.9 Å². The Hall–Kier alpha value is -2.14. The molecule has 2 aliphatic carbocycles. The number of allylic oxidation sites excluding steroid dienone is 2. The number of ketones is 1. The van der Waals surface area contributed by atoms with Crippen LogP contribution in [-0.2, 0) is 9.59 Å². The first-order valence-corrected chi connectivity index (χ1v) is 10.6. The first-order chi connectivity index (χ1) is 13.6. The van der Waals surface area contributed by atoms with Crippen molar-refractivity contribution in [3.8, 4) is 0 Å². The van der Waals surface area contributed by atoms with Crippen LogP contribution in [0.3, 0.4) is 0 Å². The molecule has 1 amide bonds. The number of aromatic nitrogens is 1. The Kier molecular flexibility index (Phi) is 5.81. The molecule has 0 aromatic carbocycles. The number of amides is 1. The smallest absolute Gasteiger partial charge is 0.248 e. The van der Waals surface area contributed by atoms with E-state index in [1.807, 2.05) is 18.4 Å². The van der Waals surface area contributed by atoms with Crippen molar-refractivity contribution in [1.82, 2.24) is 9.88 Å². The van der Waals surface area contributed by atoms with Crippen molar-refractivity contribution >= 4 is 29.1 Å². The van der Waals surface area contributed by atoms with Gasteiger partial charge in [0.05, 0.1) is 10.9 Å². The standard InChI is InChI=1S/C22H26ClN3O2/c23-17-9-10-21(24-12-17)25-22(28)19(11-15-5-2-1-3-6-15)26-13-16-7-4-8-20(27)18(16)14-26/h4,7,9-10,12-13,15,18-19H,1-3,5-6,8,11,14H2,(H,24,25,28). The molecule has 1 aromatic rings. The second kappa shape index (κ2) is 8.48. The van der Waals surface area contributed by atoms with E-state index in [4.69, 9.17) is 11.6 Å². The van der Waals surface area contributed by atoms with Crippen LogP contribution in [0.1, 0.15) is 44.9 Å². The molecular formula is C22H26ClN3O2. The fourth-order valence-corrected chi connectivity index (χ4v) is 4.67. The minimum absolute atomic E-state index is 0.0627. The minimum Gasteiger partial charge on any atom is -0.364 e. The fraction of sp³-hybridized carbons (Fsp3) is 0.500. The van der Waals surface area contributed by atoms with E-state index in [-0.39, 0.29) is 23.7 Å². The highest BCUT2D eigenvalue weighted by atomic mass is 35.5. The Bertz CT molecular complexity index is 797. The summed E-state index contributed by atoms with van der Waals surface area (Å²) in [6.45, 7) is 0.595. The maximum absolute atomic E-state index is 13.2. The Morgan fingerprint density at radius 1 is 1.29 bits per heavy atom. The minimum atomic E-state index is -0.292. The number of anilines is 1. The molecule has 148 valence electrons. The lowest BCUT2D eigenvalue weighted by Crippen LogP contribution is -2.43. The van der Waals surface area contributed by atoms with Gasteiger partial charge in [0.15, 0.2) is 0 Å². The third-order valence-corrected chi connectivity index (χ3v) is 6.32. The summed E-state index contributed by atoms with van der Waals surface area (Å²) in [6.07, 6.45) is 14.9. The van der Waals surface area contributed by atoms with Crippen LogP contribution in [0.15, 0.2) is 42.3 Å². The third kappa shape index (κ3) is 4.30. The second-order valence-electron chi connectivity index (χ2n) is 8.06. The average molecular weight is 400 g/mol. The molecule has 1 fully saturated rings. The van der Waals surface area contributed by atoms with Crippen molar-refractivity contribution in [3.05, 3.63) is 47.3 Å². The number of nitrogens with zero attached hydrogens (tertiary/aromatic N) is 2. The number of hydrogen-bond donors (Lipinski definition) is 1. The zero-order valence-electron chi connectivity index (χ0n) is 15.9. The van der Waals surface area contributed by atoms with Crippen LogP contribution >= 0.6 is 11.6 Å². The summed E-state index contributed by atoms with van der Waals surface area (Å²) in [5, 5.41) is 3.48. The van der Waals surface area contributed by atoms with Crippen molar-refractivity contribution in [2.45, 2.75) is 51.0 Å². The fourth-order valence-electron chi connectivity index (χ4n) is 4.56. The van der Waals surface area contributed by atoms with Crippen molar-refractivity contribution in [3.63, 3.8) is 0 Å².